The summed E-state index contributed by atoms with van der Waals surface area (Å²) in [6.45, 7) is 6.30. The Labute approximate surface area is 127 Å². The van der Waals surface area contributed by atoms with Gasteiger partial charge in [0.25, 0.3) is 10.2 Å². The van der Waals surface area contributed by atoms with Crippen molar-refractivity contribution in [3.05, 3.63) is 18.2 Å². The summed E-state index contributed by atoms with van der Waals surface area (Å²) in [6, 6.07) is -0.328. The van der Waals surface area contributed by atoms with Crippen molar-refractivity contribution in [3.8, 4) is 0 Å². The molecule has 122 valence electrons. The third-order valence-electron chi connectivity index (χ3n) is 3.21. The van der Waals surface area contributed by atoms with E-state index in [1.807, 2.05) is 6.92 Å². The normalized spacial score (nSPS) is 13.7. The van der Waals surface area contributed by atoms with Crippen LogP contribution in [0.3, 0.4) is 0 Å². The maximum Gasteiger partial charge on any atom is 0.279 e. The molecule has 1 atom stereocenters. The highest BCUT2D eigenvalue weighted by molar-refractivity contribution is 7.87. The van der Waals surface area contributed by atoms with Crippen LogP contribution in [0.5, 0.6) is 0 Å². The summed E-state index contributed by atoms with van der Waals surface area (Å²) < 4.78 is 28.6. The first-order valence-corrected chi connectivity index (χ1v) is 8.88. The highest BCUT2D eigenvalue weighted by Gasteiger charge is 2.23. The Bertz CT molecular complexity index is 475. The summed E-state index contributed by atoms with van der Waals surface area (Å²) in [5.41, 5.74) is 0. The minimum atomic E-state index is -3.49. The lowest BCUT2D eigenvalue weighted by Crippen LogP contribution is -2.41. The predicted octanol–water partition coefficient (Wildman–Crippen LogP) is 1.02. The Balaban J connectivity index is 2.47. The van der Waals surface area contributed by atoms with Crippen LogP contribution in [0.4, 0.5) is 0 Å². The van der Waals surface area contributed by atoms with Gasteiger partial charge in [0, 0.05) is 26.0 Å². The van der Waals surface area contributed by atoms with Crippen LogP contribution < -0.4 is 10.0 Å². The van der Waals surface area contributed by atoms with Crippen LogP contribution in [0.2, 0.25) is 0 Å². The molecule has 0 saturated carbocycles. The molecule has 21 heavy (non-hydrogen) atoms. The summed E-state index contributed by atoms with van der Waals surface area (Å²) in [6.07, 6.45) is 5.81. The average Bonchev–Trinajstić information content (AvgIpc) is 2.98. The number of hydrogen-bond donors (Lipinski definition) is 3. The van der Waals surface area contributed by atoms with Gasteiger partial charge < -0.3 is 10.3 Å². The molecule has 0 aromatic carbocycles. The summed E-state index contributed by atoms with van der Waals surface area (Å²) in [4.78, 5) is 7.07. The molecule has 7 nitrogen and oxygen atoms in total. The van der Waals surface area contributed by atoms with E-state index >= 15 is 0 Å². The lowest BCUT2D eigenvalue weighted by molar-refractivity contribution is 0.432. The predicted molar refractivity (Wildman–Crippen MR) is 84.1 cm³/mol. The van der Waals surface area contributed by atoms with Gasteiger partial charge in [-0.2, -0.15) is 17.4 Å². The van der Waals surface area contributed by atoms with E-state index in [4.69, 9.17) is 0 Å². The molecule has 1 rings (SSSR count). The highest BCUT2D eigenvalue weighted by atomic mass is 32.2. The lowest BCUT2D eigenvalue weighted by atomic mass is 10.2. The molecule has 0 aliphatic rings. The molecule has 0 spiro atoms. The summed E-state index contributed by atoms with van der Waals surface area (Å²) in [5, 5.41) is 3.26. The zero-order valence-corrected chi connectivity index (χ0v) is 13.9. The molecule has 8 heteroatoms. The summed E-state index contributed by atoms with van der Waals surface area (Å²) >= 11 is 0. The van der Waals surface area contributed by atoms with Crippen molar-refractivity contribution in [2.75, 3.05) is 26.7 Å². The Kier molecular flexibility index (Phi) is 7.87. The van der Waals surface area contributed by atoms with E-state index in [1.165, 1.54) is 4.31 Å². The second-order valence-corrected chi connectivity index (χ2v) is 6.79. The first kappa shape index (κ1) is 18.1. The Morgan fingerprint density at radius 2 is 2.14 bits per heavy atom. The summed E-state index contributed by atoms with van der Waals surface area (Å²) in [7, 11) is -1.90. The Morgan fingerprint density at radius 3 is 2.71 bits per heavy atom. The molecule has 1 aromatic rings. The highest BCUT2D eigenvalue weighted by Crippen LogP contribution is 2.13. The van der Waals surface area contributed by atoms with Crippen molar-refractivity contribution >= 4 is 10.2 Å². The van der Waals surface area contributed by atoms with Crippen LogP contribution in [-0.2, 0) is 10.2 Å². The summed E-state index contributed by atoms with van der Waals surface area (Å²) in [5.74, 6) is 0.638. The van der Waals surface area contributed by atoms with E-state index in [1.54, 1.807) is 19.4 Å². The second kappa shape index (κ2) is 9.14. The lowest BCUT2D eigenvalue weighted by Gasteiger charge is -2.21. The van der Waals surface area contributed by atoms with Gasteiger partial charge in [-0.25, -0.2) is 4.98 Å². The molecule has 0 saturated heterocycles. The van der Waals surface area contributed by atoms with Crippen LogP contribution in [0, 0.1) is 0 Å². The van der Waals surface area contributed by atoms with Crippen molar-refractivity contribution in [3.63, 3.8) is 0 Å². The number of rotatable bonds is 11. The van der Waals surface area contributed by atoms with Gasteiger partial charge in [-0.15, -0.1) is 0 Å². The van der Waals surface area contributed by atoms with E-state index in [0.717, 1.165) is 25.9 Å². The standard InChI is InChI=1S/C13H27N5O2S/c1-4-7-14-8-6-11-18(3)21(19,20)17-12(5-2)13-15-9-10-16-13/h9-10,12,14,17H,4-8,11H2,1-3H3,(H,15,16). The van der Waals surface area contributed by atoms with Crippen molar-refractivity contribution in [2.24, 2.45) is 0 Å². The molecule has 1 unspecified atom stereocenters. The molecule has 0 radical (unpaired) electrons. The molecule has 1 heterocycles. The van der Waals surface area contributed by atoms with Gasteiger partial charge in [0.1, 0.15) is 5.82 Å². The van der Waals surface area contributed by atoms with E-state index in [0.29, 0.717) is 18.8 Å². The minimum Gasteiger partial charge on any atom is -0.347 e. The van der Waals surface area contributed by atoms with Crippen molar-refractivity contribution in [1.82, 2.24) is 24.3 Å². The van der Waals surface area contributed by atoms with Crippen molar-refractivity contribution < 1.29 is 8.42 Å². The Hall–Kier alpha value is -0.960. The van der Waals surface area contributed by atoms with Crippen LogP contribution >= 0.6 is 0 Å². The molecular weight excluding hydrogens is 290 g/mol. The van der Waals surface area contributed by atoms with Crippen molar-refractivity contribution in [2.45, 2.75) is 39.2 Å². The van der Waals surface area contributed by atoms with Gasteiger partial charge in [0.15, 0.2) is 0 Å². The van der Waals surface area contributed by atoms with E-state index in [-0.39, 0.29) is 6.04 Å². The average molecular weight is 317 g/mol. The smallest absolute Gasteiger partial charge is 0.279 e. The van der Waals surface area contributed by atoms with Gasteiger partial charge in [-0.05, 0) is 32.4 Å². The molecule has 3 N–H and O–H groups in total. The van der Waals surface area contributed by atoms with Crippen LogP contribution in [0.25, 0.3) is 0 Å². The maximum atomic E-state index is 12.3. The fourth-order valence-electron chi connectivity index (χ4n) is 1.92. The number of H-pyrrole nitrogens is 1. The van der Waals surface area contributed by atoms with E-state index in [2.05, 4.69) is 26.9 Å². The number of imidazole rings is 1. The zero-order chi connectivity index (χ0) is 15.7. The molecular formula is C13H27N5O2S. The zero-order valence-electron chi connectivity index (χ0n) is 13.1. The number of nitrogens with zero attached hydrogens (tertiary/aromatic N) is 2. The fourth-order valence-corrected chi connectivity index (χ4v) is 3.11. The van der Waals surface area contributed by atoms with Gasteiger partial charge in [-0.3, -0.25) is 0 Å². The Morgan fingerprint density at radius 1 is 1.38 bits per heavy atom. The largest absolute Gasteiger partial charge is 0.347 e. The van der Waals surface area contributed by atoms with Crippen LogP contribution in [0.1, 0.15) is 45.0 Å². The number of nitrogens with one attached hydrogen (secondary N) is 3. The molecule has 0 aliphatic heterocycles. The monoisotopic (exact) mass is 317 g/mol. The molecule has 0 fully saturated rings. The van der Waals surface area contributed by atoms with Gasteiger partial charge in [-0.1, -0.05) is 13.8 Å². The van der Waals surface area contributed by atoms with E-state index < -0.39 is 10.2 Å². The van der Waals surface area contributed by atoms with Gasteiger partial charge in [0.2, 0.25) is 0 Å². The fraction of sp³-hybridized carbons (Fsp3) is 0.769. The molecule has 0 amide bonds. The third kappa shape index (κ3) is 6.13. The van der Waals surface area contributed by atoms with Crippen LogP contribution in [-0.4, -0.2) is 49.4 Å². The van der Waals surface area contributed by atoms with Crippen LogP contribution in [0.15, 0.2) is 12.4 Å². The second-order valence-electron chi connectivity index (χ2n) is 4.98. The van der Waals surface area contributed by atoms with Gasteiger partial charge in [0.05, 0.1) is 6.04 Å². The molecule has 0 aliphatic carbocycles. The van der Waals surface area contributed by atoms with Crippen molar-refractivity contribution in [1.29, 1.82) is 0 Å². The quantitative estimate of drug-likeness (QED) is 0.531. The number of hydrogen-bond acceptors (Lipinski definition) is 4. The number of aromatic nitrogens is 2. The van der Waals surface area contributed by atoms with Gasteiger partial charge >= 0.3 is 0 Å². The minimum absolute atomic E-state index is 0.328. The SMILES string of the molecule is CCCNCCCN(C)S(=O)(=O)NC(CC)c1ncc[nH]1. The maximum absolute atomic E-state index is 12.3. The van der Waals surface area contributed by atoms with E-state index in [9.17, 15) is 8.42 Å². The molecule has 1 aromatic heterocycles. The first-order chi connectivity index (χ1) is 10.0. The number of aromatic amines is 1. The third-order valence-corrected chi connectivity index (χ3v) is 4.80. The first-order valence-electron chi connectivity index (χ1n) is 7.44. The topological polar surface area (TPSA) is 90.1 Å². The molecule has 0 bridgehead atoms.